The van der Waals surface area contributed by atoms with Crippen molar-refractivity contribution in [3.8, 4) is 0 Å². The lowest BCUT2D eigenvalue weighted by Crippen LogP contribution is -2.35. The number of aliphatic hydroxyl groups is 1. The SMILES string of the molecule is CC(N)(CO)c1ccc(C(F)(F)F)s1. The zero-order chi connectivity index (χ0) is 11.0. The number of halogens is 3. The Balaban J connectivity index is 3.00. The van der Waals surface area contributed by atoms with Gasteiger partial charge in [0.15, 0.2) is 0 Å². The summed E-state index contributed by atoms with van der Waals surface area (Å²) in [6.45, 7) is 1.10. The fourth-order valence-electron chi connectivity index (χ4n) is 0.875. The van der Waals surface area contributed by atoms with Crippen LogP contribution >= 0.6 is 11.3 Å². The van der Waals surface area contributed by atoms with Gasteiger partial charge >= 0.3 is 6.18 Å². The molecular weight excluding hydrogens is 215 g/mol. The van der Waals surface area contributed by atoms with E-state index in [2.05, 4.69) is 0 Å². The molecule has 1 aromatic heterocycles. The molecule has 0 fully saturated rings. The minimum absolute atomic E-state index is 0.326. The number of aliphatic hydroxyl groups excluding tert-OH is 1. The van der Waals surface area contributed by atoms with Gasteiger partial charge in [0, 0.05) is 4.88 Å². The molecule has 1 rings (SSSR count). The van der Waals surface area contributed by atoms with E-state index in [1.807, 2.05) is 0 Å². The van der Waals surface area contributed by atoms with E-state index in [9.17, 15) is 13.2 Å². The summed E-state index contributed by atoms with van der Waals surface area (Å²) < 4.78 is 36.6. The summed E-state index contributed by atoms with van der Waals surface area (Å²) in [6, 6.07) is 2.27. The highest BCUT2D eigenvalue weighted by atomic mass is 32.1. The third-order valence-electron chi connectivity index (χ3n) is 1.78. The van der Waals surface area contributed by atoms with Crippen LogP contribution in [0.3, 0.4) is 0 Å². The minimum Gasteiger partial charge on any atom is -0.394 e. The van der Waals surface area contributed by atoms with Crippen LogP contribution in [0.15, 0.2) is 12.1 Å². The van der Waals surface area contributed by atoms with Crippen molar-refractivity contribution in [3.63, 3.8) is 0 Å². The summed E-state index contributed by atoms with van der Waals surface area (Å²) in [5.74, 6) is 0. The molecule has 3 N–H and O–H groups in total. The van der Waals surface area contributed by atoms with Crippen molar-refractivity contribution in [2.24, 2.45) is 5.73 Å². The summed E-state index contributed by atoms with van der Waals surface area (Å²) in [6.07, 6.45) is -4.34. The molecule has 0 bridgehead atoms. The Bertz CT molecular complexity index is 319. The van der Waals surface area contributed by atoms with Gasteiger partial charge in [-0.05, 0) is 19.1 Å². The topological polar surface area (TPSA) is 46.2 Å². The zero-order valence-electron chi connectivity index (χ0n) is 7.43. The van der Waals surface area contributed by atoms with E-state index < -0.39 is 16.6 Å². The van der Waals surface area contributed by atoms with Gasteiger partial charge in [-0.3, -0.25) is 0 Å². The molecule has 1 aromatic rings. The predicted octanol–water partition coefficient (Wildman–Crippen LogP) is 1.93. The van der Waals surface area contributed by atoms with Crippen molar-refractivity contribution in [3.05, 3.63) is 21.9 Å². The standard InChI is InChI=1S/C8H10F3NOS/c1-7(12,4-13)5-2-3-6(14-5)8(9,10)11/h2-3,13H,4,12H2,1H3. The van der Waals surface area contributed by atoms with Gasteiger partial charge in [-0.25, -0.2) is 0 Å². The van der Waals surface area contributed by atoms with Crippen LogP contribution in [0, 0.1) is 0 Å². The van der Waals surface area contributed by atoms with E-state index in [-0.39, 0.29) is 6.61 Å². The summed E-state index contributed by atoms with van der Waals surface area (Å²) in [7, 11) is 0. The number of hydrogen-bond acceptors (Lipinski definition) is 3. The van der Waals surface area contributed by atoms with Crippen molar-refractivity contribution in [1.82, 2.24) is 0 Å². The first-order valence-corrected chi connectivity index (χ1v) is 4.66. The van der Waals surface area contributed by atoms with E-state index in [1.165, 1.54) is 13.0 Å². The third kappa shape index (κ3) is 2.26. The van der Waals surface area contributed by atoms with E-state index in [1.54, 1.807) is 0 Å². The lowest BCUT2D eigenvalue weighted by atomic mass is 10.0. The van der Waals surface area contributed by atoms with Crippen LogP contribution in [0.1, 0.15) is 16.7 Å². The minimum atomic E-state index is -4.34. The van der Waals surface area contributed by atoms with Crippen LogP contribution in [0.4, 0.5) is 13.2 Å². The molecule has 0 aromatic carbocycles. The van der Waals surface area contributed by atoms with E-state index in [0.717, 1.165) is 6.07 Å². The molecule has 0 saturated carbocycles. The van der Waals surface area contributed by atoms with Gasteiger partial charge in [0.25, 0.3) is 0 Å². The molecule has 0 saturated heterocycles. The first-order chi connectivity index (χ1) is 6.27. The van der Waals surface area contributed by atoms with Crippen molar-refractivity contribution >= 4 is 11.3 Å². The molecule has 0 aliphatic heterocycles. The zero-order valence-corrected chi connectivity index (χ0v) is 8.25. The van der Waals surface area contributed by atoms with E-state index >= 15 is 0 Å². The molecule has 1 atom stereocenters. The van der Waals surface area contributed by atoms with Gasteiger partial charge in [0.1, 0.15) is 4.88 Å². The highest BCUT2D eigenvalue weighted by Gasteiger charge is 2.34. The Morgan fingerprint density at radius 2 is 1.86 bits per heavy atom. The molecule has 80 valence electrons. The van der Waals surface area contributed by atoms with Gasteiger partial charge in [-0.2, -0.15) is 13.2 Å². The molecule has 1 unspecified atom stereocenters. The fourth-order valence-corrected chi connectivity index (χ4v) is 1.80. The highest BCUT2D eigenvalue weighted by molar-refractivity contribution is 7.12. The van der Waals surface area contributed by atoms with E-state index in [0.29, 0.717) is 16.2 Å². The maximum Gasteiger partial charge on any atom is 0.425 e. The average Bonchev–Trinajstić information content (AvgIpc) is 2.51. The second kappa shape index (κ2) is 3.52. The molecule has 0 amide bonds. The first kappa shape index (κ1) is 11.5. The van der Waals surface area contributed by atoms with Crippen molar-refractivity contribution in [1.29, 1.82) is 0 Å². The van der Waals surface area contributed by atoms with Gasteiger partial charge in [0.2, 0.25) is 0 Å². The smallest absolute Gasteiger partial charge is 0.394 e. The van der Waals surface area contributed by atoms with Crippen LogP contribution in [-0.4, -0.2) is 11.7 Å². The maximum atomic E-state index is 12.2. The van der Waals surface area contributed by atoms with E-state index in [4.69, 9.17) is 10.8 Å². The molecule has 1 heterocycles. The third-order valence-corrected chi connectivity index (χ3v) is 3.19. The Labute approximate surface area is 83.2 Å². The highest BCUT2D eigenvalue weighted by Crippen LogP contribution is 2.37. The fraction of sp³-hybridized carbons (Fsp3) is 0.500. The molecule has 0 aliphatic carbocycles. The largest absolute Gasteiger partial charge is 0.425 e. The average molecular weight is 225 g/mol. The summed E-state index contributed by atoms with van der Waals surface area (Å²) in [4.78, 5) is -0.370. The quantitative estimate of drug-likeness (QED) is 0.807. The molecule has 14 heavy (non-hydrogen) atoms. The van der Waals surface area contributed by atoms with Gasteiger partial charge in [-0.1, -0.05) is 0 Å². The van der Waals surface area contributed by atoms with Crippen molar-refractivity contribution in [2.75, 3.05) is 6.61 Å². The predicted molar refractivity (Wildman–Crippen MR) is 47.9 cm³/mol. The van der Waals surface area contributed by atoms with Crippen LogP contribution in [0.2, 0.25) is 0 Å². The first-order valence-electron chi connectivity index (χ1n) is 3.84. The van der Waals surface area contributed by atoms with Crippen molar-refractivity contribution in [2.45, 2.75) is 18.6 Å². The molecule has 2 nitrogen and oxygen atoms in total. The molecule has 0 aliphatic rings. The summed E-state index contributed by atoms with van der Waals surface area (Å²) in [5.41, 5.74) is 4.48. The molecule has 6 heteroatoms. The summed E-state index contributed by atoms with van der Waals surface area (Å²) >= 11 is 0.561. The van der Waals surface area contributed by atoms with Crippen LogP contribution in [-0.2, 0) is 11.7 Å². The Morgan fingerprint density at radius 3 is 2.21 bits per heavy atom. The molecule has 0 radical (unpaired) electrons. The molecule has 0 spiro atoms. The molecular formula is C8H10F3NOS. The van der Waals surface area contributed by atoms with Gasteiger partial charge < -0.3 is 10.8 Å². The monoisotopic (exact) mass is 225 g/mol. The number of thiophene rings is 1. The second-order valence-electron chi connectivity index (χ2n) is 3.24. The van der Waals surface area contributed by atoms with Crippen LogP contribution < -0.4 is 5.73 Å². The lowest BCUT2D eigenvalue weighted by molar-refractivity contribution is -0.134. The van der Waals surface area contributed by atoms with Crippen LogP contribution in [0.5, 0.6) is 0 Å². The number of alkyl halides is 3. The Hall–Kier alpha value is -0.590. The second-order valence-corrected chi connectivity index (χ2v) is 4.32. The maximum absolute atomic E-state index is 12.2. The Kier molecular flexibility index (Phi) is 2.89. The summed E-state index contributed by atoms with van der Waals surface area (Å²) in [5, 5.41) is 8.86. The number of rotatable bonds is 2. The number of hydrogen-bond donors (Lipinski definition) is 2. The Morgan fingerprint density at radius 1 is 1.36 bits per heavy atom. The normalized spacial score (nSPS) is 16.7. The number of nitrogens with two attached hydrogens (primary N) is 1. The van der Waals surface area contributed by atoms with Crippen LogP contribution in [0.25, 0.3) is 0 Å². The van der Waals surface area contributed by atoms with Crippen molar-refractivity contribution < 1.29 is 18.3 Å². The van der Waals surface area contributed by atoms with Gasteiger partial charge in [0.05, 0.1) is 12.1 Å². The lowest BCUT2D eigenvalue weighted by Gasteiger charge is -2.19. The van der Waals surface area contributed by atoms with Gasteiger partial charge in [-0.15, -0.1) is 11.3 Å².